The summed E-state index contributed by atoms with van der Waals surface area (Å²) in [4.78, 5) is 3.45. The molecule has 3 aromatic rings. The van der Waals surface area contributed by atoms with Gasteiger partial charge in [0.25, 0.3) is 10.0 Å². The molecule has 0 radical (unpaired) electrons. The van der Waals surface area contributed by atoms with Gasteiger partial charge in [-0.05, 0) is 42.0 Å². The highest BCUT2D eigenvalue weighted by Crippen LogP contribution is 2.36. The van der Waals surface area contributed by atoms with Gasteiger partial charge >= 0.3 is 0 Å². The summed E-state index contributed by atoms with van der Waals surface area (Å²) in [5.74, 6) is -2.35. The molecule has 3 aromatic carbocycles. The molecule has 0 amide bonds. The summed E-state index contributed by atoms with van der Waals surface area (Å²) in [6.45, 7) is 0. The molecule has 5 nitrogen and oxygen atoms in total. The average Bonchev–Trinajstić information content (AvgIpc) is 2.69. The maximum atomic E-state index is 14.1. The van der Waals surface area contributed by atoms with Crippen LogP contribution in [0.4, 0.5) is 25.8 Å². The molecule has 1 N–H and O–H groups in total. The van der Waals surface area contributed by atoms with Gasteiger partial charge in [0, 0.05) is 39.4 Å². The normalized spacial score (nSPS) is 11.3. The number of nitrogens with one attached hydrogen (secondary N) is 1. The van der Waals surface area contributed by atoms with E-state index in [1.165, 1.54) is 0 Å². The SMILES string of the molecule is CN(C)c1ccc(-c2cc(F)c(F)cc2S(=O)(=O)Nc2ccccc2)cc1N(C)C. The zero-order valence-corrected chi connectivity index (χ0v) is 18.0. The second-order valence-electron chi connectivity index (χ2n) is 7.23. The highest BCUT2D eigenvalue weighted by Gasteiger charge is 2.24. The van der Waals surface area contributed by atoms with Crippen LogP contribution in [0.2, 0.25) is 0 Å². The maximum absolute atomic E-state index is 14.1. The molecule has 0 atom stereocenters. The van der Waals surface area contributed by atoms with E-state index in [1.54, 1.807) is 42.5 Å². The minimum atomic E-state index is -4.17. The Labute approximate surface area is 175 Å². The van der Waals surface area contributed by atoms with Gasteiger partial charge < -0.3 is 9.80 Å². The van der Waals surface area contributed by atoms with Crippen molar-refractivity contribution in [3.63, 3.8) is 0 Å². The predicted molar refractivity (Wildman–Crippen MR) is 118 cm³/mol. The van der Waals surface area contributed by atoms with E-state index in [1.807, 2.05) is 44.1 Å². The van der Waals surface area contributed by atoms with Crippen LogP contribution >= 0.6 is 0 Å². The molecule has 0 bridgehead atoms. The number of halogens is 2. The third kappa shape index (κ3) is 4.38. The fraction of sp³-hybridized carbons (Fsp3) is 0.182. The maximum Gasteiger partial charge on any atom is 0.262 e. The largest absolute Gasteiger partial charge is 0.376 e. The average molecular weight is 432 g/mol. The predicted octanol–water partition coefficient (Wildman–Crippen LogP) is 4.56. The van der Waals surface area contributed by atoms with Crippen LogP contribution in [0.25, 0.3) is 11.1 Å². The highest BCUT2D eigenvalue weighted by atomic mass is 32.2. The highest BCUT2D eigenvalue weighted by molar-refractivity contribution is 7.92. The first-order valence-corrected chi connectivity index (χ1v) is 10.6. The molecule has 0 heterocycles. The van der Waals surface area contributed by atoms with Crippen molar-refractivity contribution in [1.29, 1.82) is 0 Å². The van der Waals surface area contributed by atoms with Gasteiger partial charge in [0.05, 0.1) is 16.3 Å². The molecule has 0 spiro atoms. The molecule has 0 unspecified atom stereocenters. The first-order valence-electron chi connectivity index (χ1n) is 9.16. The van der Waals surface area contributed by atoms with E-state index in [9.17, 15) is 17.2 Å². The van der Waals surface area contributed by atoms with E-state index in [0.29, 0.717) is 17.3 Å². The third-order valence-electron chi connectivity index (χ3n) is 4.59. The summed E-state index contributed by atoms with van der Waals surface area (Å²) in [5.41, 5.74) is 2.56. The lowest BCUT2D eigenvalue weighted by atomic mass is 10.0. The Morgan fingerprint density at radius 2 is 1.37 bits per heavy atom. The number of hydrogen-bond donors (Lipinski definition) is 1. The van der Waals surface area contributed by atoms with Crippen LogP contribution in [0.15, 0.2) is 65.6 Å². The van der Waals surface area contributed by atoms with E-state index in [-0.39, 0.29) is 10.5 Å². The van der Waals surface area contributed by atoms with Crippen molar-refractivity contribution in [1.82, 2.24) is 0 Å². The molecule has 0 saturated heterocycles. The van der Waals surface area contributed by atoms with E-state index in [2.05, 4.69) is 4.72 Å². The monoisotopic (exact) mass is 431 g/mol. The summed E-state index contributed by atoms with van der Waals surface area (Å²) >= 11 is 0. The summed E-state index contributed by atoms with van der Waals surface area (Å²) < 4.78 is 56.6. The van der Waals surface area contributed by atoms with Crippen molar-refractivity contribution in [2.24, 2.45) is 0 Å². The van der Waals surface area contributed by atoms with Crippen LogP contribution in [-0.2, 0) is 10.0 Å². The van der Waals surface area contributed by atoms with Crippen molar-refractivity contribution in [3.05, 3.63) is 72.3 Å². The third-order valence-corrected chi connectivity index (χ3v) is 6.01. The number of nitrogens with zero attached hydrogens (tertiary/aromatic N) is 2. The number of rotatable bonds is 6. The van der Waals surface area contributed by atoms with Gasteiger partial charge in [-0.1, -0.05) is 24.3 Å². The van der Waals surface area contributed by atoms with Crippen LogP contribution in [0.5, 0.6) is 0 Å². The number of sulfonamides is 1. The first-order chi connectivity index (χ1) is 14.1. The van der Waals surface area contributed by atoms with Gasteiger partial charge in [-0.3, -0.25) is 4.72 Å². The van der Waals surface area contributed by atoms with E-state index in [4.69, 9.17) is 0 Å². The molecular formula is C22H23F2N3O2S. The number of benzene rings is 3. The summed E-state index contributed by atoms with van der Waals surface area (Å²) in [6.07, 6.45) is 0. The fourth-order valence-electron chi connectivity index (χ4n) is 3.12. The minimum absolute atomic E-state index is 0.0748. The van der Waals surface area contributed by atoms with Crippen LogP contribution in [0.3, 0.4) is 0 Å². The van der Waals surface area contributed by atoms with Gasteiger partial charge in [0.15, 0.2) is 11.6 Å². The summed E-state index contributed by atoms with van der Waals surface area (Å²) in [6, 6.07) is 15.1. The fourth-order valence-corrected chi connectivity index (χ4v) is 4.40. The van der Waals surface area contributed by atoms with Crippen molar-refractivity contribution < 1.29 is 17.2 Å². The molecule has 0 aromatic heterocycles. The van der Waals surface area contributed by atoms with Crippen LogP contribution in [0, 0.1) is 11.6 Å². The Kier molecular flexibility index (Phi) is 5.98. The van der Waals surface area contributed by atoms with Gasteiger partial charge in [-0.25, -0.2) is 17.2 Å². The first kappa shape index (κ1) is 21.6. The Morgan fingerprint density at radius 3 is 1.97 bits per heavy atom. The van der Waals surface area contributed by atoms with Gasteiger partial charge in [0.2, 0.25) is 0 Å². The Morgan fingerprint density at radius 1 is 0.767 bits per heavy atom. The zero-order chi connectivity index (χ0) is 22.1. The van der Waals surface area contributed by atoms with Crippen molar-refractivity contribution in [2.45, 2.75) is 4.90 Å². The lowest BCUT2D eigenvalue weighted by Crippen LogP contribution is -2.17. The van der Waals surface area contributed by atoms with E-state index in [0.717, 1.165) is 17.4 Å². The van der Waals surface area contributed by atoms with Crippen molar-refractivity contribution >= 4 is 27.1 Å². The minimum Gasteiger partial charge on any atom is -0.376 e. The van der Waals surface area contributed by atoms with Crippen LogP contribution < -0.4 is 14.5 Å². The molecule has 158 valence electrons. The quantitative estimate of drug-likeness (QED) is 0.622. The van der Waals surface area contributed by atoms with Gasteiger partial charge in [-0.15, -0.1) is 0 Å². The molecule has 3 rings (SSSR count). The van der Waals surface area contributed by atoms with Crippen molar-refractivity contribution in [2.75, 3.05) is 42.7 Å². The Balaban J connectivity index is 2.19. The van der Waals surface area contributed by atoms with Crippen LogP contribution in [-0.4, -0.2) is 36.6 Å². The molecule has 30 heavy (non-hydrogen) atoms. The number of anilines is 3. The summed E-state index contributed by atoms with van der Waals surface area (Å²) in [5, 5.41) is 0. The summed E-state index contributed by atoms with van der Waals surface area (Å²) in [7, 11) is 3.31. The Hall–Kier alpha value is -3.13. The topological polar surface area (TPSA) is 52.7 Å². The standard InChI is InChI=1S/C22H23F2N3O2S/c1-26(2)20-11-10-15(12-21(20)27(3)4)17-13-18(23)19(24)14-22(17)30(28,29)25-16-8-6-5-7-9-16/h5-14,25H,1-4H3. The molecule has 0 fully saturated rings. The lowest BCUT2D eigenvalue weighted by Gasteiger charge is -2.24. The van der Waals surface area contributed by atoms with Crippen molar-refractivity contribution in [3.8, 4) is 11.1 Å². The number of para-hydroxylation sites is 1. The van der Waals surface area contributed by atoms with Gasteiger partial charge in [-0.2, -0.15) is 0 Å². The lowest BCUT2D eigenvalue weighted by molar-refractivity contribution is 0.505. The molecular weight excluding hydrogens is 408 g/mol. The number of hydrogen-bond acceptors (Lipinski definition) is 4. The second-order valence-corrected chi connectivity index (χ2v) is 8.88. The Bertz CT molecular complexity index is 1160. The molecule has 0 aliphatic carbocycles. The van der Waals surface area contributed by atoms with Crippen LogP contribution in [0.1, 0.15) is 0 Å². The smallest absolute Gasteiger partial charge is 0.262 e. The zero-order valence-electron chi connectivity index (χ0n) is 17.1. The van der Waals surface area contributed by atoms with E-state index < -0.39 is 21.7 Å². The van der Waals surface area contributed by atoms with E-state index >= 15 is 0 Å². The second kappa shape index (κ2) is 8.31. The molecule has 0 aliphatic heterocycles. The van der Waals surface area contributed by atoms with Gasteiger partial charge in [0.1, 0.15) is 0 Å². The molecule has 8 heteroatoms. The molecule has 0 aliphatic rings. The molecule has 0 saturated carbocycles.